The van der Waals surface area contributed by atoms with Crippen LogP contribution in [0.4, 0.5) is 5.69 Å². The molecule has 9 aromatic carbocycles. The first-order chi connectivity index (χ1) is 29.2. The van der Waals surface area contributed by atoms with Crippen molar-refractivity contribution in [3.8, 4) is 67.5 Å². The summed E-state index contributed by atoms with van der Waals surface area (Å²) >= 11 is 0. The number of hydrogen-bond donors (Lipinski definition) is 0. The van der Waals surface area contributed by atoms with Crippen LogP contribution in [0.1, 0.15) is 0 Å². The third-order valence-electron chi connectivity index (χ3n) is 11.2. The second-order valence-corrected chi connectivity index (χ2v) is 14.6. The van der Waals surface area contributed by atoms with Crippen LogP contribution in [0, 0.1) is 6.57 Å². The molecule has 0 radical (unpaired) electrons. The van der Waals surface area contributed by atoms with Gasteiger partial charge < -0.3 is 4.42 Å². The van der Waals surface area contributed by atoms with E-state index in [0.717, 1.165) is 93.6 Å². The fourth-order valence-corrected chi connectivity index (χ4v) is 8.26. The van der Waals surface area contributed by atoms with Gasteiger partial charge in [0.2, 0.25) is 0 Å². The molecule has 11 aromatic rings. The van der Waals surface area contributed by atoms with Crippen molar-refractivity contribution >= 4 is 49.2 Å². The van der Waals surface area contributed by atoms with Gasteiger partial charge in [0.1, 0.15) is 11.2 Å². The van der Waals surface area contributed by atoms with Crippen LogP contribution < -0.4 is 0 Å². The van der Waals surface area contributed by atoms with E-state index < -0.39 is 0 Å². The first kappa shape index (κ1) is 34.1. The van der Waals surface area contributed by atoms with E-state index >= 15 is 0 Å². The number of aromatic nitrogens is 3. The first-order valence-electron chi connectivity index (χ1n) is 19.5. The number of hydrogen-bond acceptors (Lipinski definition) is 4. The van der Waals surface area contributed by atoms with E-state index in [0.29, 0.717) is 23.2 Å². The summed E-state index contributed by atoms with van der Waals surface area (Å²) < 4.78 is 6.61. The highest BCUT2D eigenvalue weighted by molar-refractivity contribution is 6.20. The van der Waals surface area contributed by atoms with Gasteiger partial charge >= 0.3 is 0 Å². The second kappa shape index (κ2) is 14.1. The molecular weight excluding hydrogens is 721 g/mol. The molecule has 0 atom stereocenters. The van der Waals surface area contributed by atoms with Gasteiger partial charge in [-0.1, -0.05) is 176 Å². The quantitative estimate of drug-likeness (QED) is 0.159. The Bertz CT molecular complexity index is 3420. The third-order valence-corrected chi connectivity index (χ3v) is 11.2. The second-order valence-electron chi connectivity index (χ2n) is 14.6. The molecule has 2 aromatic heterocycles. The monoisotopic (exact) mass is 752 g/mol. The highest BCUT2D eigenvalue weighted by atomic mass is 16.3. The van der Waals surface area contributed by atoms with Crippen LogP contribution in [0.3, 0.4) is 0 Å². The Morgan fingerprint density at radius 3 is 1.56 bits per heavy atom. The number of nitrogens with zero attached hydrogens (tertiary/aromatic N) is 4. The molecule has 0 N–H and O–H groups in total. The van der Waals surface area contributed by atoms with Gasteiger partial charge in [-0.2, -0.15) is 0 Å². The number of benzene rings is 9. The van der Waals surface area contributed by atoms with Crippen molar-refractivity contribution in [3.05, 3.63) is 206 Å². The van der Waals surface area contributed by atoms with Gasteiger partial charge in [-0.25, -0.2) is 19.8 Å². The zero-order valence-electron chi connectivity index (χ0n) is 31.7. The van der Waals surface area contributed by atoms with Crippen molar-refractivity contribution in [2.24, 2.45) is 0 Å². The van der Waals surface area contributed by atoms with Crippen molar-refractivity contribution in [1.29, 1.82) is 0 Å². The molecule has 274 valence electrons. The maximum absolute atomic E-state index is 7.44. The molecule has 0 unspecified atom stereocenters. The highest BCUT2D eigenvalue weighted by Crippen LogP contribution is 2.42. The van der Waals surface area contributed by atoms with Gasteiger partial charge in [0.05, 0.1) is 6.57 Å². The van der Waals surface area contributed by atoms with Crippen molar-refractivity contribution in [3.63, 3.8) is 0 Å². The molecule has 0 aliphatic carbocycles. The molecule has 59 heavy (non-hydrogen) atoms. The molecule has 11 rings (SSSR count). The van der Waals surface area contributed by atoms with E-state index in [1.807, 2.05) is 60.7 Å². The maximum atomic E-state index is 7.44. The molecule has 0 amide bonds. The van der Waals surface area contributed by atoms with Crippen LogP contribution in [0.2, 0.25) is 0 Å². The Hall–Kier alpha value is -8.20. The molecule has 0 spiro atoms. The Morgan fingerprint density at radius 1 is 0.339 bits per heavy atom. The standard InChI is InChI=1S/C54H32N4O/c1-55-40-29-26-36(27-30-40)47-33-49-48-32-39(28-31-50(48)59-51(49)45-17-9-8-16-44(45)47)41-18-10-20-43-42(41)19-11-21-46(43)54-57-52(37-14-6-3-7-15-37)56-53(58-54)38-24-22-35(23-25-38)34-12-4-2-5-13-34/h2-33H. The summed E-state index contributed by atoms with van der Waals surface area (Å²) in [5.41, 5.74) is 11.7. The molecule has 0 saturated carbocycles. The summed E-state index contributed by atoms with van der Waals surface area (Å²) in [6.07, 6.45) is 0. The van der Waals surface area contributed by atoms with Crippen molar-refractivity contribution < 1.29 is 4.42 Å². The molecule has 2 heterocycles. The summed E-state index contributed by atoms with van der Waals surface area (Å²) in [7, 11) is 0. The predicted octanol–water partition coefficient (Wildman–Crippen LogP) is 14.6. The highest BCUT2D eigenvalue weighted by Gasteiger charge is 2.18. The molecule has 0 bridgehead atoms. The molecule has 5 nitrogen and oxygen atoms in total. The van der Waals surface area contributed by atoms with Gasteiger partial charge in [-0.3, -0.25) is 0 Å². The maximum Gasteiger partial charge on any atom is 0.187 e. The lowest BCUT2D eigenvalue weighted by Gasteiger charge is -2.13. The van der Waals surface area contributed by atoms with Crippen LogP contribution in [-0.4, -0.2) is 15.0 Å². The lowest BCUT2D eigenvalue weighted by Crippen LogP contribution is -2.00. The summed E-state index contributed by atoms with van der Waals surface area (Å²) in [6.45, 7) is 7.44. The Balaban J connectivity index is 1.05. The molecular formula is C54H32N4O. The third kappa shape index (κ3) is 5.99. The van der Waals surface area contributed by atoms with Crippen LogP contribution >= 0.6 is 0 Å². The average molecular weight is 753 g/mol. The van der Waals surface area contributed by atoms with Gasteiger partial charge in [-0.15, -0.1) is 0 Å². The first-order valence-corrected chi connectivity index (χ1v) is 19.5. The molecule has 0 aliphatic rings. The van der Waals surface area contributed by atoms with Crippen LogP contribution in [0.25, 0.3) is 116 Å². The van der Waals surface area contributed by atoms with E-state index in [4.69, 9.17) is 25.9 Å². The topological polar surface area (TPSA) is 56.2 Å². The minimum absolute atomic E-state index is 0.615. The zero-order valence-corrected chi connectivity index (χ0v) is 31.7. The predicted molar refractivity (Wildman–Crippen MR) is 241 cm³/mol. The van der Waals surface area contributed by atoms with E-state index in [2.05, 4.69) is 138 Å². The summed E-state index contributed by atoms with van der Waals surface area (Å²) in [4.78, 5) is 18.9. The zero-order chi connectivity index (χ0) is 39.3. The van der Waals surface area contributed by atoms with E-state index in [1.54, 1.807) is 0 Å². The van der Waals surface area contributed by atoms with Crippen LogP contribution in [0.5, 0.6) is 0 Å². The Morgan fingerprint density at radius 2 is 0.847 bits per heavy atom. The van der Waals surface area contributed by atoms with Gasteiger partial charge in [-0.05, 0) is 67.7 Å². The number of furan rings is 1. The minimum atomic E-state index is 0.615. The summed E-state index contributed by atoms with van der Waals surface area (Å²) in [5, 5.41) is 6.41. The smallest absolute Gasteiger partial charge is 0.187 e. The van der Waals surface area contributed by atoms with Gasteiger partial charge in [0.25, 0.3) is 0 Å². The molecule has 5 heteroatoms. The molecule has 0 fully saturated rings. The molecule has 0 aliphatic heterocycles. The number of rotatable bonds is 6. The lowest BCUT2D eigenvalue weighted by molar-refractivity contribution is 0.673. The fourth-order valence-electron chi connectivity index (χ4n) is 8.26. The summed E-state index contributed by atoms with van der Waals surface area (Å²) in [6, 6.07) is 66.6. The SMILES string of the molecule is [C-]#[N+]c1ccc(-c2cc3c4cc(-c5cccc6c(-c7nc(-c8ccccc8)nc(-c8ccc(-c9ccccc9)cc8)n7)cccc56)ccc4oc3c3ccccc23)cc1. The average Bonchev–Trinajstić information content (AvgIpc) is 3.69. The van der Waals surface area contributed by atoms with E-state index in [1.165, 1.54) is 0 Å². The Labute approximate surface area is 340 Å². The fraction of sp³-hybridized carbons (Fsp3) is 0. The van der Waals surface area contributed by atoms with Crippen molar-refractivity contribution in [2.75, 3.05) is 0 Å². The lowest BCUT2D eigenvalue weighted by atomic mass is 9.93. The number of fused-ring (bicyclic) bond motifs is 6. The summed E-state index contributed by atoms with van der Waals surface area (Å²) in [5.74, 6) is 1.86. The Kier molecular flexibility index (Phi) is 8.13. The van der Waals surface area contributed by atoms with E-state index in [-0.39, 0.29) is 0 Å². The van der Waals surface area contributed by atoms with Crippen LogP contribution in [0.15, 0.2) is 199 Å². The van der Waals surface area contributed by atoms with Crippen LogP contribution in [-0.2, 0) is 0 Å². The van der Waals surface area contributed by atoms with Crippen molar-refractivity contribution in [2.45, 2.75) is 0 Å². The largest absolute Gasteiger partial charge is 0.455 e. The minimum Gasteiger partial charge on any atom is -0.455 e. The van der Waals surface area contributed by atoms with E-state index in [9.17, 15) is 0 Å². The molecule has 0 saturated heterocycles. The van der Waals surface area contributed by atoms with Gasteiger partial charge in [0, 0.05) is 32.8 Å². The van der Waals surface area contributed by atoms with Gasteiger partial charge in [0.15, 0.2) is 23.2 Å². The van der Waals surface area contributed by atoms with Crippen molar-refractivity contribution in [1.82, 2.24) is 15.0 Å². The normalized spacial score (nSPS) is 11.4.